The number of amides is 1. The van der Waals surface area contributed by atoms with Crippen LogP contribution in [0.4, 0.5) is 10.8 Å². The molecule has 1 heterocycles. The molecular weight excluding hydrogens is 426 g/mol. The summed E-state index contributed by atoms with van der Waals surface area (Å²) in [4.78, 5) is 16.7. The molecule has 1 aromatic heterocycles. The number of aryl methyl sites for hydroxylation is 1. The Morgan fingerprint density at radius 3 is 2.50 bits per heavy atom. The molecule has 1 amide bonds. The maximum absolute atomic E-state index is 12.4. The Morgan fingerprint density at radius 1 is 1.07 bits per heavy atom. The number of benzene rings is 2. The summed E-state index contributed by atoms with van der Waals surface area (Å²) in [6, 6.07) is 13.2. The van der Waals surface area contributed by atoms with Crippen molar-refractivity contribution < 1.29 is 22.7 Å². The highest BCUT2D eigenvalue weighted by Crippen LogP contribution is 2.29. The third-order valence-corrected chi connectivity index (χ3v) is 6.39. The van der Waals surface area contributed by atoms with Gasteiger partial charge in [0.2, 0.25) is 5.91 Å². The molecule has 0 radical (unpaired) electrons. The Hall–Kier alpha value is -3.11. The van der Waals surface area contributed by atoms with Gasteiger partial charge in [0.05, 0.1) is 24.8 Å². The van der Waals surface area contributed by atoms with Crippen LogP contribution in [0.25, 0.3) is 0 Å². The molecule has 0 aliphatic rings. The molecule has 0 spiro atoms. The van der Waals surface area contributed by atoms with Crippen LogP contribution in [0.3, 0.4) is 0 Å². The van der Waals surface area contributed by atoms with Gasteiger partial charge in [-0.05, 0) is 30.7 Å². The Bertz CT molecular complexity index is 1110. The fraction of sp³-hybridized carbons (Fsp3) is 0.200. The molecule has 0 aliphatic heterocycles. The summed E-state index contributed by atoms with van der Waals surface area (Å²) in [5.41, 5.74) is 1.22. The number of thiazole rings is 1. The quantitative estimate of drug-likeness (QED) is 0.520. The lowest BCUT2D eigenvalue weighted by Crippen LogP contribution is -2.13. The molecule has 0 aliphatic carbocycles. The van der Waals surface area contributed by atoms with Crippen LogP contribution >= 0.6 is 11.3 Å². The maximum Gasteiger partial charge on any atom is 0.263 e. The molecule has 0 atom stereocenters. The highest BCUT2D eigenvalue weighted by Gasteiger charge is 2.16. The second kappa shape index (κ2) is 9.59. The first-order valence-electron chi connectivity index (χ1n) is 8.95. The molecule has 0 fully saturated rings. The molecule has 0 bridgehead atoms. The number of carbonyl (C=O) groups excluding carboxylic acids is 1. The molecule has 158 valence electrons. The molecule has 2 N–H and O–H groups in total. The van der Waals surface area contributed by atoms with E-state index in [1.807, 2.05) is 0 Å². The number of ether oxygens (including phenoxy) is 2. The zero-order chi connectivity index (χ0) is 21.6. The molecule has 3 rings (SSSR count). The second-order valence-electron chi connectivity index (χ2n) is 6.18. The minimum absolute atomic E-state index is 0.163. The van der Waals surface area contributed by atoms with Crippen LogP contribution in [0.2, 0.25) is 0 Å². The summed E-state index contributed by atoms with van der Waals surface area (Å²) in [5.74, 6) is 0.898. The van der Waals surface area contributed by atoms with Crippen molar-refractivity contribution in [3.63, 3.8) is 0 Å². The Kier molecular flexibility index (Phi) is 6.91. The van der Waals surface area contributed by atoms with E-state index >= 15 is 0 Å². The monoisotopic (exact) mass is 447 g/mol. The molecule has 0 saturated heterocycles. The first kappa shape index (κ1) is 21.6. The van der Waals surface area contributed by atoms with E-state index in [4.69, 9.17) is 9.47 Å². The average Bonchev–Trinajstić information content (AvgIpc) is 3.19. The van der Waals surface area contributed by atoms with Crippen LogP contribution in [0, 0.1) is 0 Å². The highest BCUT2D eigenvalue weighted by molar-refractivity contribution is 7.93. The number of nitrogens with zero attached hydrogens (tertiary/aromatic N) is 1. The average molecular weight is 448 g/mol. The number of sulfonamides is 1. The van der Waals surface area contributed by atoms with Gasteiger partial charge in [0, 0.05) is 23.6 Å². The summed E-state index contributed by atoms with van der Waals surface area (Å²) in [6.07, 6.45) is 0.575. The van der Waals surface area contributed by atoms with Gasteiger partial charge < -0.3 is 14.8 Å². The lowest BCUT2D eigenvalue weighted by Gasteiger charge is -2.10. The van der Waals surface area contributed by atoms with Gasteiger partial charge in [-0.3, -0.25) is 9.52 Å². The van der Waals surface area contributed by atoms with Crippen LogP contribution < -0.4 is 19.5 Å². The van der Waals surface area contributed by atoms with E-state index in [1.165, 1.54) is 37.7 Å². The third-order valence-electron chi connectivity index (χ3n) is 4.10. The van der Waals surface area contributed by atoms with Crippen LogP contribution in [-0.4, -0.2) is 33.5 Å². The molecule has 0 unspecified atom stereocenters. The fourth-order valence-electron chi connectivity index (χ4n) is 2.62. The van der Waals surface area contributed by atoms with Crippen molar-refractivity contribution in [2.24, 2.45) is 0 Å². The standard InChI is InChI=1S/C20H21N3O5S2/c1-27-17-10-8-14(12-18(17)28-2)21-19(24)11-9-15-13-29-20(22-15)23-30(25,26)16-6-4-3-5-7-16/h3-8,10,12-13H,9,11H2,1-2H3,(H,21,24)(H,22,23). The summed E-state index contributed by atoms with van der Waals surface area (Å²) in [5, 5.41) is 4.78. The molecule has 30 heavy (non-hydrogen) atoms. The summed E-state index contributed by atoms with van der Waals surface area (Å²) in [6.45, 7) is 0. The fourth-order valence-corrected chi connectivity index (χ4v) is 4.64. The number of hydrogen-bond acceptors (Lipinski definition) is 7. The Labute approximate surface area is 178 Å². The summed E-state index contributed by atoms with van der Waals surface area (Å²) >= 11 is 1.17. The SMILES string of the molecule is COc1ccc(NC(=O)CCc2csc(NS(=O)(=O)c3ccccc3)n2)cc1OC. The van der Waals surface area contributed by atoms with Crippen molar-refractivity contribution in [1.82, 2.24) is 4.98 Å². The van der Waals surface area contributed by atoms with Gasteiger partial charge in [-0.2, -0.15) is 0 Å². The Balaban J connectivity index is 1.56. The molecule has 2 aromatic carbocycles. The first-order valence-corrected chi connectivity index (χ1v) is 11.3. The van der Waals surface area contributed by atoms with E-state index in [0.717, 1.165) is 0 Å². The third kappa shape index (κ3) is 5.49. The van der Waals surface area contributed by atoms with E-state index in [9.17, 15) is 13.2 Å². The summed E-state index contributed by atoms with van der Waals surface area (Å²) < 4.78 is 37.6. The van der Waals surface area contributed by atoms with Crippen LogP contribution in [0.15, 0.2) is 58.8 Å². The van der Waals surface area contributed by atoms with Crippen molar-refractivity contribution in [1.29, 1.82) is 0 Å². The predicted octanol–water partition coefficient (Wildman–Crippen LogP) is 3.53. The van der Waals surface area contributed by atoms with Gasteiger partial charge in [0.25, 0.3) is 10.0 Å². The van der Waals surface area contributed by atoms with E-state index in [0.29, 0.717) is 29.3 Å². The molecule has 3 aromatic rings. The molecular formula is C20H21N3O5S2. The number of aromatic nitrogens is 1. The topological polar surface area (TPSA) is 107 Å². The van der Waals surface area contributed by atoms with Crippen molar-refractivity contribution in [2.75, 3.05) is 24.3 Å². The van der Waals surface area contributed by atoms with Crippen molar-refractivity contribution in [3.8, 4) is 11.5 Å². The number of anilines is 2. The minimum Gasteiger partial charge on any atom is -0.493 e. The van der Waals surface area contributed by atoms with Gasteiger partial charge in [-0.25, -0.2) is 13.4 Å². The lowest BCUT2D eigenvalue weighted by atomic mass is 10.2. The van der Waals surface area contributed by atoms with Gasteiger partial charge in [-0.1, -0.05) is 18.2 Å². The summed E-state index contributed by atoms with van der Waals surface area (Å²) in [7, 11) is -0.625. The van der Waals surface area contributed by atoms with Crippen molar-refractivity contribution in [2.45, 2.75) is 17.7 Å². The highest BCUT2D eigenvalue weighted by atomic mass is 32.2. The van der Waals surface area contributed by atoms with Crippen LogP contribution in [0.5, 0.6) is 11.5 Å². The second-order valence-corrected chi connectivity index (χ2v) is 8.72. The largest absolute Gasteiger partial charge is 0.493 e. The van der Waals surface area contributed by atoms with E-state index in [-0.39, 0.29) is 22.4 Å². The van der Waals surface area contributed by atoms with Crippen LogP contribution in [0.1, 0.15) is 12.1 Å². The predicted molar refractivity (Wildman–Crippen MR) is 116 cm³/mol. The number of nitrogens with one attached hydrogen (secondary N) is 2. The molecule has 8 nitrogen and oxygen atoms in total. The normalized spacial score (nSPS) is 11.0. The number of methoxy groups -OCH3 is 2. The van der Waals surface area contributed by atoms with E-state index in [1.54, 1.807) is 41.8 Å². The Morgan fingerprint density at radius 2 is 1.80 bits per heavy atom. The number of hydrogen-bond donors (Lipinski definition) is 2. The van der Waals surface area contributed by atoms with E-state index < -0.39 is 10.0 Å². The molecule has 10 heteroatoms. The lowest BCUT2D eigenvalue weighted by molar-refractivity contribution is -0.116. The van der Waals surface area contributed by atoms with E-state index in [2.05, 4.69) is 15.0 Å². The van der Waals surface area contributed by atoms with Crippen molar-refractivity contribution in [3.05, 3.63) is 59.6 Å². The van der Waals surface area contributed by atoms with Gasteiger partial charge >= 0.3 is 0 Å². The van der Waals surface area contributed by atoms with Crippen molar-refractivity contribution >= 4 is 38.1 Å². The smallest absolute Gasteiger partial charge is 0.263 e. The molecule has 0 saturated carbocycles. The zero-order valence-corrected chi connectivity index (χ0v) is 18.0. The van der Waals surface area contributed by atoms with Gasteiger partial charge in [0.15, 0.2) is 16.6 Å². The van der Waals surface area contributed by atoms with Crippen LogP contribution in [-0.2, 0) is 21.2 Å². The number of rotatable bonds is 9. The number of carbonyl (C=O) groups is 1. The van der Waals surface area contributed by atoms with Gasteiger partial charge in [0.1, 0.15) is 0 Å². The first-order chi connectivity index (χ1) is 14.4. The van der Waals surface area contributed by atoms with Gasteiger partial charge in [-0.15, -0.1) is 11.3 Å². The maximum atomic E-state index is 12.4. The minimum atomic E-state index is -3.69. The zero-order valence-electron chi connectivity index (χ0n) is 16.4.